The molecule has 0 bridgehead atoms. The summed E-state index contributed by atoms with van der Waals surface area (Å²) in [6.07, 6.45) is 4.87. The standard InChI is InChI=1S/C13H22N2O2/c1-10(2)12(13(16)17-3)9-15-7-5-11-4-6-14-8-11/h4,6,8,10,12,14-15H,5,7,9H2,1-3H3. The molecule has 17 heavy (non-hydrogen) atoms. The van der Waals surface area contributed by atoms with E-state index in [2.05, 4.69) is 16.4 Å². The summed E-state index contributed by atoms with van der Waals surface area (Å²) in [6, 6.07) is 2.06. The normalized spacial score (nSPS) is 12.7. The lowest BCUT2D eigenvalue weighted by Gasteiger charge is -2.18. The molecule has 0 aromatic carbocycles. The highest BCUT2D eigenvalue weighted by molar-refractivity contribution is 5.72. The van der Waals surface area contributed by atoms with E-state index in [1.54, 1.807) is 0 Å². The van der Waals surface area contributed by atoms with Crippen molar-refractivity contribution in [2.75, 3.05) is 20.2 Å². The number of methoxy groups -OCH3 is 1. The molecule has 0 aliphatic rings. The Labute approximate surface area is 103 Å². The van der Waals surface area contributed by atoms with Crippen molar-refractivity contribution < 1.29 is 9.53 Å². The van der Waals surface area contributed by atoms with Crippen molar-refractivity contribution in [2.45, 2.75) is 20.3 Å². The summed E-state index contributed by atoms with van der Waals surface area (Å²) >= 11 is 0. The van der Waals surface area contributed by atoms with Crippen LogP contribution >= 0.6 is 0 Å². The average molecular weight is 238 g/mol. The van der Waals surface area contributed by atoms with Gasteiger partial charge in [-0.25, -0.2) is 0 Å². The molecular weight excluding hydrogens is 216 g/mol. The Hall–Kier alpha value is -1.29. The summed E-state index contributed by atoms with van der Waals surface area (Å²) < 4.78 is 4.79. The van der Waals surface area contributed by atoms with Gasteiger partial charge in [0.15, 0.2) is 0 Å². The molecule has 4 heteroatoms. The molecule has 0 radical (unpaired) electrons. The van der Waals surface area contributed by atoms with Crippen LogP contribution in [0.3, 0.4) is 0 Å². The molecule has 2 N–H and O–H groups in total. The van der Waals surface area contributed by atoms with Gasteiger partial charge in [-0.05, 0) is 30.5 Å². The fourth-order valence-electron chi connectivity index (χ4n) is 1.75. The number of carbonyl (C=O) groups excluding carboxylic acids is 1. The number of H-pyrrole nitrogens is 1. The minimum Gasteiger partial charge on any atom is -0.469 e. The van der Waals surface area contributed by atoms with Crippen LogP contribution in [0.25, 0.3) is 0 Å². The molecule has 0 saturated heterocycles. The molecule has 96 valence electrons. The van der Waals surface area contributed by atoms with E-state index < -0.39 is 0 Å². The predicted molar refractivity (Wildman–Crippen MR) is 67.7 cm³/mol. The number of esters is 1. The fourth-order valence-corrected chi connectivity index (χ4v) is 1.75. The van der Waals surface area contributed by atoms with Gasteiger partial charge >= 0.3 is 5.97 Å². The monoisotopic (exact) mass is 238 g/mol. The molecule has 0 aliphatic heterocycles. The molecule has 0 fully saturated rings. The van der Waals surface area contributed by atoms with Crippen LogP contribution in [-0.4, -0.2) is 31.2 Å². The van der Waals surface area contributed by atoms with Crippen LogP contribution in [0.1, 0.15) is 19.4 Å². The van der Waals surface area contributed by atoms with Gasteiger partial charge in [-0.3, -0.25) is 4.79 Å². The van der Waals surface area contributed by atoms with Crippen LogP contribution < -0.4 is 5.32 Å². The van der Waals surface area contributed by atoms with Gasteiger partial charge < -0.3 is 15.0 Å². The second-order valence-electron chi connectivity index (χ2n) is 4.55. The van der Waals surface area contributed by atoms with Gasteiger partial charge in [0.05, 0.1) is 13.0 Å². The molecule has 4 nitrogen and oxygen atoms in total. The van der Waals surface area contributed by atoms with Crippen LogP contribution in [0.15, 0.2) is 18.5 Å². The van der Waals surface area contributed by atoms with Crippen molar-refractivity contribution in [3.05, 3.63) is 24.0 Å². The Morgan fingerprint density at radius 1 is 1.53 bits per heavy atom. The first-order valence-electron chi connectivity index (χ1n) is 6.05. The lowest BCUT2D eigenvalue weighted by molar-refractivity contribution is -0.146. The maximum absolute atomic E-state index is 11.5. The summed E-state index contributed by atoms with van der Waals surface area (Å²) in [7, 11) is 1.44. The Kier molecular flexibility index (Phi) is 5.77. The summed E-state index contributed by atoms with van der Waals surface area (Å²) in [5.41, 5.74) is 1.27. The highest BCUT2D eigenvalue weighted by atomic mass is 16.5. The molecule has 0 aliphatic carbocycles. The van der Waals surface area contributed by atoms with Crippen LogP contribution in [0.5, 0.6) is 0 Å². The Morgan fingerprint density at radius 2 is 2.29 bits per heavy atom. The van der Waals surface area contributed by atoms with E-state index in [-0.39, 0.29) is 11.9 Å². The van der Waals surface area contributed by atoms with Crippen LogP contribution in [0.4, 0.5) is 0 Å². The van der Waals surface area contributed by atoms with Crippen LogP contribution in [0.2, 0.25) is 0 Å². The van der Waals surface area contributed by atoms with E-state index in [1.165, 1.54) is 12.7 Å². The zero-order valence-electron chi connectivity index (χ0n) is 10.8. The van der Waals surface area contributed by atoms with E-state index in [4.69, 9.17) is 4.74 Å². The number of aromatic amines is 1. The van der Waals surface area contributed by atoms with Crippen molar-refractivity contribution in [1.82, 2.24) is 10.3 Å². The van der Waals surface area contributed by atoms with Crippen molar-refractivity contribution in [3.63, 3.8) is 0 Å². The molecule has 1 heterocycles. The number of nitrogens with one attached hydrogen (secondary N) is 2. The van der Waals surface area contributed by atoms with Crippen LogP contribution in [0, 0.1) is 11.8 Å². The van der Waals surface area contributed by atoms with E-state index in [9.17, 15) is 4.79 Å². The quantitative estimate of drug-likeness (QED) is 0.560. The molecule has 1 aromatic rings. The van der Waals surface area contributed by atoms with Gasteiger partial charge in [0.2, 0.25) is 0 Å². The minimum atomic E-state index is -0.130. The van der Waals surface area contributed by atoms with Crippen molar-refractivity contribution in [2.24, 2.45) is 11.8 Å². The molecule has 1 rings (SSSR count). The lowest BCUT2D eigenvalue weighted by Crippen LogP contribution is -2.33. The fraction of sp³-hybridized carbons (Fsp3) is 0.615. The predicted octanol–water partition coefficient (Wildman–Crippen LogP) is 1.59. The first-order chi connectivity index (χ1) is 8.15. The number of aromatic nitrogens is 1. The van der Waals surface area contributed by atoms with E-state index in [0.29, 0.717) is 12.5 Å². The van der Waals surface area contributed by atoms with Crippen molar-refractivity contribution in [1.29, 1.82) is 0 Å². The Balaban J connectivity index is 2.25. The first-order valence-corrected chi connectivity index (χ1v) is 6.05. The van der Waals surface area contributed by atoms with Gasteiger partial charge in [0.25, 0.3) is 0 Å². The third-order valence-corrected chi connectivity index (χ3v) is 2.93. The minimum absolute atomic E-state index is 0.0637. The largest absolute Gasteiger partial charge is 0.469 e. The second-order valence-corrected chi connectivity index (χ2v) is 4.55. The van der Waals surface area contributed by atoms with Crippen LogP contribution in [-0.2, 0) is 16.0 Å². The zero-order chi connectivity index (χ0) is 12.7. The summed E-state index contributed by atoms with van der Waals surface area (Å²) in [4.78, 5) is 14.5. The SMILES string of the molecule is COC(=O)C(CNCCc1cc[nH]c1)C(C)C. The second kappa shape index (κ2) is 7.12. The van der Waals surface area contributed by atoms with E-state index >= 15 is 0 Å². The smallest absolute Gasteiger partial charge is 0.310 e. The van der Waals surface area contributed by atoms with Crippen molar-refractivity contribution in [3.8, 4) is 0 Å². The maximum atomic E-state index is 11.5. The first kappa shape index (κ1) is 13.8. The summed E-state index contributed by atoms with van der Waals surface area (Å²) in [6.45, 7) is 5.62. The molecule has 0 spiro atoms. The molecule has 1 unspecified atom stereocenters. The number of rotatable bonds is 7. The molecule has 1 aromatic heterocycles. The number of hydrogen-bond acceptors (Lipinski definition) is 3. The van der Waals surface area contributed by atoms with Crippen molar-refractivity contribution >= 4 is 5.97 Å². The highest BCUT2D eigenvalue weighted by Crippen LogP contribution is 2.11. The molecular formula is C13H22N2O2. The molecule has 1 atom stereocenters. The van der Waals surface area contributed by atoms with E-state index in [0.717, 1.165) is 13.0 Å². The van der Waals surface area contributed by atoms with Gasteiger partial charge in [-0.15, -0.1) is 0 Å². The number of hydrogen-bond donors (Lipinski definition) is 2. The van der Waals surface area contributed by atoms with Gasteiger partial charge in [0, 0.05) is 18.9 Å². The topological polar surface area (TPSA) is 54.1 Å². The summed E-state index contributed by atoms with van der Waals surface area (Å²) in [5.74, 6) is 0.0996. The third kappa shape index (κ3) is 4.61. The zero-order valence-corrected chi connectivity index (χ0v) is 10.8. The average Bonchev–Trinajstić information content (AvgIpc) is 2.80. The van der Waals surface area contributed by atoms with Gasteiger partial charge in [-0.2, -0.15) is 0 Å². The molecule has 0 amide bonds. The lowest BCUT2D eigenvalue weighted by atomic mass is 9.96. The highest BCUT2D eigenvalue weighted by Gasteiger charge is 2.22. The number of ether oxygens (including phenoxy) is 1. The Bertz CT molecular complexity index is 320. The Morgan fingerprint density at radius 3 is 2.82 bits per heavy atom. The van der Waals surface area contributed by atoms with Gasteiger partial charge in [-0.1, -0.05) is 13.8 Å². The van der Waals surface area contributed by atoms with E-state index in [1.807, 2.05) is 26.2 Å². The molecule has 0 saturated carbocycles. The van der Waals surface area contributed by atoms with Gasteiger partial charge in [0.1, 0.15) is 0 Å². The summed E-state index contributed by atoms with van der Waals surface area (Å²) in [5, 5.41) is 3.31. The number of carbonyl (C=O) groups is 1. The third-order valence-electron chi connectivity index (χ3n) is 2.93. The maximum Gasteiger partial charge on any atom is 0.310 e.